The van der Waals surface area contributed by atoms with Gasteiger partial charge in [0.15, 0.2) is 11.5 Å². The van der Waals surface area contributed by atoms with Gasteiger partial charge in [-0.15, -0.1) is 8.42 Å². The monoisotopic (exact) mass is 246 g/mol. The van der Waals surface area contributed by atoms with Crippen molar-refractivity contribution >= 4 is 21.8 Å². The summed E-state index contributed by atoms with van der Waals surface area (Å²) >= 11 is 0. The van der Waals surface area contributed by atoms with Gasteiger partial charge in [0, 0.05) is 24.4 Å². The average Bonchev–Trinajstić information content (AvgIpc) is 2.17. The molecule has 1 aromatic rings. The summed E-state index contributed by atoms with van der Waals surface area (Å²) < 4.78 is 36.4. The summed E-state index contributed by atoms with van der Waals surface area (Å²) in [5, 5.41) is 0. The molecule has 0 atom stereocenters. The molecule has 0 aromatic heterocycles. The van der Waals surface area contributed by atoms with E-state index in [-0.39, 0.29) is 23.8 Å². The van der Waals surface area contributed by atoms with Crippen LogP contribution in [0.3, 0.4) is 0 Å². The zero-order valence-corrected chi connectivity index (χ0v) is 9.21. The first-order chi connectivity index (χ1) is 7.44. The van der Waals surface area contributed by atoms with E-state index in [2.05, 4.69) is 8.37 Å². The van der Waals surface area contributed by atoms with E-state index in [0.717, 1.165) is 0 Å². The van der Waals surface area contributed by atoms with Crippen LogP contribution < -0.4 is 19.8 Å². The van der Waals surface area contributed by atoms with Crippen molar-refractivity contribution in [3.05, 3.63) is 11.6 Å². The fraction of sp³-hybridized carbons (Fsp3) is 0.250. The predicted molar refractivity (Wildman–Crippen MR) is 56.2 cm³/mol. The molecule has 88 valence electrons. The lowest BCUT2D eigenvalue weighted by molar-refractivity contribution is 0.183. The van der Waals surface area contributed by atoms with E-state index in [1.165, 1.54) is 13.2 Å². The van der Waals surface area contributed by atoms with E-state index in [9.17, 15) is 8.42 Å². The minimum absolute atomic E-state index is 0.0249. The molecule has 7 nitrogen and oxygen atoms in total. The molecular formula is C8H10N2O5S. The third-order valence-electron chi connectivity index (χ3n) is 2.09. The number of anilines is 2. The maximum Gasteiger partial charge on any atom is 0.501 e. The molecule has 0 radical (unpaired) electrons. The first-order valence-corrected chi connectivity index (χ1v) is 5.61. The van der Waals surface area contributed by atoms with Crippen LogP contribution in [0.15, 0.2) is 6.07 Å². The number of hydrogen-bond acceptors (Lipinski definition) is 7. The number of ether oxygens (including phenoxy) is 1. The molecule has 4 N–H and O–H groups in total. The Morgan fingerprint density at radius 3 is 2.69 bits per heavy atom. The van der Waals surface area contributed by atoms with Crippen molar-refractivity contribution in [3.63, 3.8) is 0 Å². The van der Waals surface area contributed by atoms with Crippen LogP contribution in [0.1, 0.15) is 5.56 Å². The average molecular weight is 246 g/mol. The summed E-state index contributed by atoms with van der Waals surface area (Å²) in [6.07, 6.45) is 0. The number of hydrogen-bond donors (Lipinski definition) is 2. The quantitative estimate of drug-likeness (QED) is 0.706. The molecular weight excluding hydrogens is 236 g/mol. The molecule has 0 aliphatic carbocycles. The molecule has 0 spiro atoms. The molecule has 0 amide bonds. The summed E-state index contributed by atoms with van der Waals surface area (Å²) in [6.45, 7) is 0.0984. The Hall–Kier alpha value is -1.67. The standard InChI is InChI=1S/C8H10N2O5S/c1-13-3-4-5(9)2-6-7(10)8(4)15-16(11,12)14-6/h2H,3,9-10H2,1H3. The van der Waals surface area contributed by atoms with Crippen LogP contribution >= 0.6 is 0 Å². The molecule has 2 bridgehead atoms. The molecule has 16 heavy (non-hydrogen) atoms. The summed E-state index contributed by atoms with van der Waals surface area (Å²) in [5.74, 6) is -0.0540. The van der Waals surface area contributed by atoms with Gasteiger partial charge in [-0.2, -0.15) is 0 Å². The van der Waals surface area contributed by atoms with E-state index in [0.29, 0.717) is 11.3 Å². The van der Waals surface area contributed by atoms with Gasteiger partial charge in [-0.1, -0.05) is 0 Å². The normalized spacial score (nSPS) is 16.3. The van der Waals surface area contributed by atoms with E-state index < -0.39 is 10.4 Å². The molecule has 0 saturated carbocycles. The van der Waals surface area contributed by atoms with Crippen LogP contribution in [-0.2, 0) is 21.7 Å². The third-order valence-corrected chi connectivity index (χ3v) is 2.84. The largest absolute Gasteiger partial charge is 0.501 e. The fourth-order valence-corrected chi connectivity index (χ4v) is 2.18. The molecule has 1 aliphatic rings. The van der Waals surface area contributed by atoms with Gasteiger partial charge in [-0.05, 0) is 0 Å². The van der Waals surface area contributed by atoms with E-state index in [1.807, 2.05) is 0 Å². The smallest absolute Gasteiger partial charge is 0.398 e. The lowest BCUT2D eigenvalue weighted by atomic mass is 10.1. The fourth-order valence-electron chi connectivity index (χ4n) is 1.40. The van der Waals surface area contributed by atoms with Gasteiger partial charge in [-0.25, -0.2) is 0 Å². The first-order valence-electron chi connectivity index (χ1n) is 4.28. The van der Waals surface area contributed by atoms with Gasteiger partial charge in [-0.3, -0.25) is 0 Å². The number of rotatable bonds is 2. The van der Waals surface area contributed by atoms with Crippen LogP contribution in [0.5, 0.6) is 11.5 Å². The Kier molecular flexibility index (Phi) is 2.32. The topological polar surface area (TPSA) is 114 Å². The van der Waals surface area contributed by atoms with Crippen molar-refractivity contribution in [2.24, 2.45) is 0 Å². The zero-order chi connectivity index (χ0) is 11.9. The lowest BCUT2D eigenvalue weighted by Gasteiger charge is -2.21. The number of nitrogen functional groups attached to an aromatic ring is 2. The Morgan fingerprint density at radius 2 is 2.06 bits per heavy atom. The summed E-state index contributed by atoms with van der Waals surface area (Å²) in [6, 6.07) is 1.33. The molecule has 1 aromatic carbocycles. The van der Waals surface area contributed by atoms with Gasteiger partial charge >= 0.3 is 10.4 Å². The highest BCUT2D eigenvalue weighted by Crippen LogP contribution is 2.44. The zero-order valence-electron chi connectivity index (χ0n) is 8.39. The van der Waals surface area contributed by atoms with Gasteiger partial charge in [0.25, 0.3) is 0 Å². The third kappa shape index (κ3) is 1.61. The molecule has 2 rings (SSSR count). The minimum atomic E-state index is -4.10. The van der Waals surface area contributed by atoms with Crippen molar-refractivity contribution in [2.45, 2.75) is 6.61 Å². The SMILES string of the molecule is COCc1c(N)cc2c(N)c1OS(=O)(=O)O2. The highest BCUT2D eigenvalue weighted by atomic mass is 32.3. The number of methoxy groups -OCH3 is 1. The highest BCUT2D eigenvalue weighted by Gasteiger charge is 2.30. The van der Waals surface area contributed by atoms with E-state index >= 15 is 0 Å². The van der Waals surface area contributed by atoms with E-state index in [4.69, 9.17) is 16.2 Å². The summed E-state index contributed by atoms with van der Waals surface area (Å²) in [4.78, 5) is 0. The molecule has 1 aliphatic heterocycles. The number of fused-ring (bicyclic) bond motifs is 2. The van der Waals surface area contributed by atoms with E-state index in [1.54, 1.807) is 0 Å². The van der Waals surface area contributed by atoms with Crippen LogP contribution in [0, 0.1) is 0 Å². The molecule has 0 fully saturated rings. The van der Waals surface area contributed by atoms with Crippen molar-refractivity contribution < 1.29 is 21.5 Å². The summed E-state index contributed by atoms with van der Waals surface area (Å²) in [5.41, 5.74) is 12.1. The second-order valence-corrected chi connectivity index (χ2v) is 4.34. The Bertz CT molecular complexity index is 540. The molecule has 0 saturated heterocycles. The maximum absolute atomic E-state index is 11.2. The maximum atomic E-state index is 11.2. The van der Waals surface area contributed by atoms with Crippen LogP contribution in [0.2, 0.25) is 0 Å². The second-order valence-electron chi connectivity index (χ2n) is 3.19. The summed E-state index contributed by atoms with van der Waals surface area (Å²) in [7, 11) is -2.65. The minimum Gasteiger partial charge on any atom is -0.398 e. The van der Waals surface area contributed by atoms with Crippen molar-refractivity contribution in [1.82, 2.24) is 0 Å². The van der Waals surface area contributed by atoms with Crippen LogP contribution in [0.25, 0.3) is 0 Å². The molecule has 1 heterocycles. The van der Waals surface area contributed by atoms with Gasteiger partial charge in [0.05, 0.1) is 6.61 Å². The van der Waals surface area contributed by atoms with Crippen LogP contribution in [0.4, 0.5) is 11.4 Å². The molecule has 0 unspecified atom stereocenters. The van der Waals surface area contributed by atoms with Crippen molar-refractivity contribution in [1.29, 1.82) is 0 Å². The van der Waals surface area contributed by atoms with Crippen molar-refractivity contribution in [3.8, 4) is 11.5 Å². The lowest BCUT2D eigenvalue weighted by Crippen LogP contribution is -2.23. The second kappa shape index (κ2) is 3.42. The first kappa shape index (κ1) is 10.8. The Balaban J connectivity index is 2.65. The Labute approximate surface area is 92.2 Å². The number of nitrogens with two attached hydrogens (primary N) is 2. The predicted octanol–water partition coefficient (Wildman–Crippen LogP) is 0.0134. The van der Waals surface area contributed by atoms with Crippen LogP contribution in [-0.4, -0.2) is 15.5 Å². The highest BCUT2D eigenvalue weighted by molar-refractivity contribution is 7.82. The Morgan fingerprint density at radius 1 is 1.38 bits per heavy atom. The van der Waals surface area contributed by atoms with Gasteiger partial charge in [0.2, 0.25) is 0 Å². The van der Waals surface area contributed by atoms with Crippen molar-refractivity contribution in [2.75, 3.05) is 18.6 Å². The van der Waals surface area contributed by atoms with Gasteiger partial charge in [0.1, 0.15) is 5.69 Å². The number of benzene rings is 1. The van der Waals surface area contributed by atoms with Gasteiger partial charge < -0.3 is 24.6 Å². The molecule has 8 heteroatoms.